The Morgan fingerprint density at radius 3 is 2.50 bits per heavy atom. The number of nitriles is 1. The summed E-state index contributed by atoms with van der Waals surface area (Å²) in [5.41, 5.74) is 1.08. The zero-order valence-corrected chi connectivity index (χ0v) is 12.3. The molecule has 1 atom stereocenters. The maximum Gasteiger partial charge on any atom is 0.218 e. The third-order valence-electron chi connectivity index (χ3n) is 2.73. The molecule has 0 aliphatic heterocycles. The van der Waals surface area contributed by atoms with Crippen LogP contribution in [0.4, 0.5) is 0 Å². The molecule has 0 bridgehead atoms. The molecule has 0 aliphatic carbocycles. The monoisotopic (exact) mass is 298 g/mol. The van der Waals surface area contributed by atoms with Crippen LogP contribution in [0.5, 0.6) is 0 Å². The van der Waals surface area contributed by atoms with E-state index in [1.54, 1.807) is 24.3 Å². The minimum Gasteiger partial charge on any atom is -0.389 e. The summed E-state index contributed by atoms with van der Waals surface area (Å²) in [7, 11) is -0.658. The highest BCUT2D eigenvalue weighted by atomic mass is 32.2. The van der Waals surface area contributed by atoms with Crippen molar-refractivity contribution < 1.29 is 18.3 Å². The van der Waals surface area contributed by atoms with E-state index in [1.807, 2.05) is 6.07 Å². The summed E-state index contributed by atoms with van der Waals surface area (Å²) in [6.07, 6.45) is -0.860. The standard InChI is InChI=1S/C13H18N2O4S/c1-15(8-13(16)9-19-2)20(17,18)10-12-5-3-11(7-14)4-6-12/h3-6,13,16H,8-10H2,1-2H3. The largest absolute Gasteiger partial charge is 0.389 e. The van der Waals surface area contributed by atoms with Gasteiger partial charge in [0.25, 0.3) is 0 Å². The Kier molecular flexibility index (Phi) is 6.10. The Morgan fingerprint density at radius 2 is 2.00 bits per heavy atom. The number of hydrogen-bond acceptors (Lipinski definition) is 5. The fourth-order valence-corrected chi connectivity index (χ4v) is 2.89. The van der Waals surface area contributed by atoms with E-state index < -0.39 is 16.1 Å². The van der Waals surface area contributed by atoms with Crippen LogP contribution in [0.1, 0.15) is 11.1 Å². The average molecular weight is 298 g/mol. The van der Waals surface area contributed by atoms with Crippen molar-refractivity contribution in [3.8, 4) is 6.07 Å². The molecule has 1 rings (SSSR count). The van der Waals surface area contributed by atoms with E-state index in [0.29, 0.717) is 11.1 Å². The number of aliphatic hydroxyl groups is 1. The first-order chi connectivity index (χ1) is 9.39. The molecule has 1 aromatic carbocycles. The number of sulfonamides is 1. The molecule has 1 N–H and O–H groups in total. The molecule has 0 spiro atoms. The zero-order chi connectivity index (χ0) is 15.2. The van der Waals surface area contributed by atoms with Crippen LogP contribution in [0.3, 0.4) is 0 Å². The van der Waals surface area contributed by atoms with Crippen molar-refractivity contribution in [1.82, 2.24) is 4.31 Å². The van der Waals surface area contributed by atoms with Crippen molar-refractivity contribution in [2.45, 2.75) is 11.9 Å². The molecule has 6 nitrogen and oxygen atoms in total. The lowest BCUT2D eigenvalue weighted by molar-refractivity contribution is 0.0554. The maximum absolute atomic E-state index is 12.1. The molecule has 0 amide bonds. The minimum atomic E-state index is -3.51. The van der Waals surface area contributed by atoms with E-state index in [9.17, 15) is 13.5 Å². The lowest BCUT2D eigenvalue weighted by atomic mass is 10.2. The fraction of sp³-hybridized carbons (Fsp3) is 0.462. The van der Waals surface area contributed by atoms with Gasteiger partial charge >= 0.3 is 0 Å². The Bertz CT molecular complexity index is 563. The van der Waals surface area contributed by atoms with Gasteiger partial charge in [-0.3, -0.25) is 0 Å². The minimum absolute atomic E-state index is 0.0214. The topological polar surface area (TPSA) is 90.6 Å². The predicted molar refractivity (Wildman–Crippen MR) is 74.3 cm³/mol. The quantitative estimate of drug-likeness (QED) is 0.783. The van der Waals surface area contributed by atoms with Crippen molar-refractivity contribution in [3.05, 3.63) is 35.4 Å². The lowest BCUT2D eigenvalue weighted by Crippen LogP contribution is -2.36. The number of benzene rings is 1. The van der Waals surface area contributed by atoms with Gasteiger partial charge in [0, 0.05) is 20.7 Å². The molecule has 0 saturated carbocycles. The zero-order valence-electron chi connectivity index (χ0n) is 11.5. The van der Waals surface area contributed by atoms with Crippen molar-refractivity contribution in [2.75, 3.05) is 27.3 Å². The molecule has 1 unspecified atom stereocenters. The van der Waals surface area contributed by atoms with Gasteiger partial charge in [0.15, 0.2) is 0 Å². The third kappa shape index (κ3) is 4.90. The highest BCUT2D eigenvalue weighted by molar-refractivity contribution is 7.88. The number of nitrogens with zero attached hydrogens (tertiary/aromatic N) is 2. The molecule has 20 heavy (non-hydrogen) atoms. The van der Waals surface area contributed by atoms with Gasteiger partial charge in [0.2, 0.25) is 10.0 Å². The van der Waals surface area contributed by atoms with Crippen molar-refractivity contribution in [3.63, 3.8) is 0 Å². The summed E-state index contributed by atoms with van der Waals surface area (Å²) >= 11 is 0. The normalized spacial score (nSPS) is 13.2. The van der Waals surface area contributed by atoms with Crippen molar-refractivity contribution in [1.29, 1.82) is 5.26 Å². The number of methoxy groups -OCH3 is 1. The molecule has 0 aromatic heterocycles. The molecule has 1 aromatic rings. The van der Waals surface area contributed by atoms with E-state index in [2.05, 4.69) is 0 Å². The number of rotatable bonds is 7. The molecule has 0 radical (unpaired) electrons. The molecule has 0 saturated heterocycles. The Morgan fingerprint density at radius 1 is 1.40 bits per heavy atom. The van der Waals surface area contributed by atoms with Gasteiger partial charge in [-0.15, -0.1) is 0 Å². The number of likely N-dealkylation sites (N-methyl/N-ethyl adjacent to an activating group) is 1. The fourth-order valence-electron chi connectivity index (χ4n) is 1.65. The lowest BCUT2D eigenvalue weighted by Gasteiger charge is -2.20. The van der Waals surface area contributed by atoms with Crippen molar-refractivity contribution >= 4 is 10.0 Å². The highest BCUT2D eigenvalue weighted by Crippen LogP contribution is 2.11. The van der Waals surface area contributed by atoms with Crippen molar-refractivity contribution in [2.24, 2.45) is 0 Å². The van der Waals surface area contributed by atoms with Gasteiger partial charge in [-0.1, -0.05) is 12.1 Å². The summed E-state index contributed by atoms with van der Waals surface area (Å²) in [6.45, 7) is 0.0587. The van der Waals surface area contributed by atoms with Crippen LogP contribution in [0, 0.1) is 11.3 Å². The highest BCUT2D eigenvalue weighted by Gasteiger charge is 2.21. The van der Waals surface area contributed by atoms with Crippen LogP contribution in [0.2, 0.25) is 0 Å². The first-order valence-corrected chi connectivity index (χ1v) is 7.60. The van der Waals surface area contributed by atoms with Crippen LogP contribution >= 0.6 is 0 Å². The molecule has 0 heterocycles. The van der Waals surface area contributed by atoms with E-state index >= 15 is 0 Å². The first-order valence-electron chi connectivity index (χ1n) is 5.99. The van der Waals surface area contributed by atoms with Gasteiger partial charge in [0.05, 0.1) is 30.1 Å². The van der Waals surface area contributed by atoms with E-state index in [4.69, 9.17) is 10.00 Å². The smallest absolute Gasteiger partial charge is 0.218 e. The molecule has 0 fully saturated rings. The Labute approximate surface area is 119 Å². The SMILES string of the molecule is COCC(O)CN(C)S(=O)(=O)Cc1ccc(C#N)cc1. The molecule has 7 heteroatoms. The predicted octanol–water partition coefficient (Wildman–Crippen LogP) is 0.327. The van der Waals surface area contributed by atoms with E-state index in [-0.39, 0.29) is 18.9 Å². The Hall–Kier alpha value is -1.46. The number of hydrogen-bond donors (Lipinski definition) is 1. The summed E-state index contributed by atoms with van der Waals surface area (Å²) in [5, 5.41) is 18.2. The summed E-state index contributed by atoms with van der Waals surface area (Å²) < 4.78 is 30.1. The summed E-state index contributed by atoms with van der Waals surface area (Å²) in [4.78, 5) is 0. The first kappa shape index (κ1) is 16.6. The summed E-state index contributed by atoms with van der Waals surface area (Å²) in [6, 6.07) is 8.33. The number of ether oxygens (including phenoxy) is 1. The second kappa shape index (κ2) is 7.36. The van der Waals surface area contributed by atoms with Gasteiger partial charge in [-0.05, 0) is 17.7 Å². The molecule has 110 valence electrons. The van der Waals surface area contributed by atoms with Gasteiger partial charge in [-0.25, -0.2) is 12.7 Å². The van der Waals surface area contributed by atoms with Gasteiger partial charge < -0.3 is 9.84 Å². The summed E-state index contributed by atoms with van der Waals surface area (Å²) in [5.74, 6) is -0.172. The van der Waals surface area contributed by atoms with Crippen LogP contribution in [-0.4, -0.2) is 51.2 Å². The van der Waals surface area contributed by atoms with Crippen LogP contribution < -0.4 is 0 Å². The molecular weight excluding hydrogens is 280 g/mol. The Balaban J connectivity index is 2.70. The number of aliphatic hydroxyl groups excluding tert-OH is 1. The maximum atomic E-state index is 12.1. The van der Waals surface area contributed by atoms with Gasteiger partial charge in [0.1, 0.15) is 0 Å². The third-order valence-corrected chi connectivity index (χ3v) is 4.53. The second-order valence-electron chi connectivity index (χ2n) is 4.45. The molecular formula is C13H18N2O4S. The van der Waals surface area contributed by atoms with Crippen LogP contribution in [0.25, 0.3) is 0 Å². The molecule has 0 aliphatic rings. The van der Waals surface area contributed by atoms with E-state index in [1.165, 1.54) is 14.2 Å². The van der Waals surface area contributed by atoms with Crippen LogP contribution in [0.15, 0.2) is 24.3 Å². The van der Waals surface area contributed by atoms with Gasteiger partial charge in [-0.2, -0.15) is 5.26 Å². The van der Waals surface area contributed by atoms with E-state index in [0.717, 1.165) is 4.31 Å². The second-order valence-corrected chi connectivity index (χ2v) is 6.53. The van der Waals surface area contributed by atoms with Crippen LogP contribution in [-0.2, 0) is 20.5 Å². The average Bonchev–Trinajstić information content (AvgIpc) is 2.39.